The number of benzene rings is 2. The standard InChI is InChI=1S/C20H20ClF3N4O/c1-29-19-6-12(21)3-2-11(19)9-28-18-8-15(24)14(23)7-17(18)26-20(28)27-5-4-13(22)16(25)10-27/h2-3,6-8,13,16H,4-5,9-10,25H2,1H3/t13?,16-/m1/s1. The van der Waals surface area contributed by atoms with Crippen molar-refractivity contribution in [2.24, 2.45) is 5.73 Å². The molecular formula is C20H20ClF3N4O. The number of imidazole rings is 1. The predicted molar refractivity (Wildman–Crippen MR) is 106 cm³/mol. The lowest BCUT2D eigenvalue weighted by atomic mass is 10.1. The van der Waals surface area contributed by atoms with E-state index in [0.29, 0.717) is 34.3 Å². The predicted octanol–water partition coefficient (Wildman–Crippen LogP) is 3.90. The second-order valence-corrected chi connectivity index (χ2v) is 7.56. The second kappa shape index (κ2) is 7.76. The Kier molecular flexibility index (Phi) is 5.31. The van der Waals surface area contributed by atoms with Crippen LogP contribution in [-0.4, -0.2) is 42.0 Å². The molecule has 5 nitrogen and oxygen atoms in total. The van der Waals surface area contributed by atoms with Gasteiger partial charge in [0.1, 0.15) is 11.9 Å². The number of halogens is 4. The maximum absolute atomic E-state index is 14.0. The average molecular weight is 425 g/mol. The molecule has 1 aliphatic heterocycles. The molecule has 4 rings (SSSR count). The van der Waals surface area contributed by atoms with Crippen molar-refractivity contribution in [1.82, 2.24) is 9.55 Å². The molecule has 1 saturated heterocycles. The number of rotatable bonds is 4. The Balaban J connectivity index is 1.83. The van der Waals surface area contributed by atoms with Gasteiger partial charge in [-0.15, -0.1) is 0 Å². The first-order chi connectivity index (χ1) is 13.9. The highest BCUT2D eigenvalue weighted by atomic mass is 35.5. The van der Waals surface area contributed by atoms with E-state index in [0.717, 1.165) is 17.7 Å². The lowest BCUT2D eigenvalue weighted by Crippen LogP contribution is -2.50. The molecule has 3 aromatic rings. The highest BCUT2D eigenvalue weighted by Crippen LogP contribution is 2.31. The van der Waals surface area contributed by atoms with Crippen LogP contribution in [0.4, 0.5) is 19.1 Å². The maximum Gasteiger partial charge on any atom is 0.206 e. The van der Waals surface area contributed by atoms with Crippen LogP contribution in [0.3, 0.4) is 0 Å². The quantitative estimate of drug-likeness (QED) is 0.690. The van der Waals surface area contributed by atoms with Crippen LogP contribution < -0.4 is 15.4 Å². The van der Waals surface area contributed by atoms with E-state index < -0.39 is 23.8 Å². The molecule has 1 aromatic heterocycles. The molecule has 9 heteroatoms. The number of piperidine rings is 1. The lowest BCUT2D eigenvalue weighted by molar-refractivity contribution is 0.243. The summed E-state index contributed by atoms with van der Waals surface area (Å²) in [5.74, 6) is -0.902. The van der Waals surface area contributed by atoms with Gasteiger partial charge < -0.3 is 19.9 Å². The van der Waals surface area contributed by atoms with Crippen molar-refractivity contribution in [2.45, 2.75) is 25.2 Å². The van der Waals surface area contributed by atoms with E-state index in [1.165, 1.54) is 7.11 Å². The molecule has 0 bridgehead atoms. The number of nitrogens with zero attached hydrogens (tertiary/aromatic N) is 3. The molecule has 1 aliphatic rings. The summed E-state index contributed by atoms with van der Waals surface area (Å²) in [6, 6.07) is 6.73. The van der Waals surface area contributed by atoms with Crippen LogP contribution in [0.2, 0.25) is 5.02 Å². The molecular weight excluding hydrogens is 405 g/mol. The Morgan fingerprint density at radius 1 is 1.24 bits per heavy atom. The normalized spacial score (nSPS) is 19.7. The second-order valence-electron chi connectivity index (χ2n) is 7.12. The van der Waals surface area contributed by atoms with Crippen molar-refractivity contribution in [1.29, 1.82) is 0 Å². The Bertz CT molecular complexity index is 1060. The van der Waals surface area contributed by atoms with Gasteiger partial charge >= 0.3 is 0 Å². The third-order valence-corrected chi connectivity index (χ3v) is 5.44. The van der Waals surface area contributed by atoms with Crippen LogP contribution in [0.15, 0.2) is 30.3 Å². The minimum Gasteiger partial charge on any atom is -0.496 e. The van der Waals surface area contributed by atoms with Gasteiger partial charge in [0.05, 0.1) is 30.7 Å². The van der Waals surface area contributed by atoms with Crippen molar-refractivity contribution in [3.8, 4) is 5.75 Å². The molecule has 0 saturated carbocycles. The van der Waals surface area contributed by atoms with E-state index in [1.807, 2.05) is 4.90 Å². The number of aromatic nitrogens is 2. The first-order valence-corrected chi connectivity index (χ1v) is 9.57. The number of hydrogen-bond acceptors (Lipinski definition) is 4. The van der Waals surface area contributed by atoms with Crippen LogP contribution in [0.25, 0.3) is 11.0 Å². The fourth-order valence-corrected chi connectivity index (χ4v) is 3.82. The first-order valence-electron chi connectivity index (χ1n) is 9.19. The first kappa shape index (κ1) is 19.8. The summed E-state index contributed by atoms with van der Waals surface area (Å²) in [4.78, 5) is 6.35. The van der Waals surface area contributed by atoms with Gasteiger partial charge in [0.2, 0.25) is 5.95 Å². The largest absolute Gasteiger partial charge is 0.496 e. The monoisotopic (exact) mass is 424 g/mol. The van der Waals surface area contributed by atoms with Crippen molar-refractivity contribution in [2.75, 3.05) is 25.1 Å². The molecule has 29 heavy (non-hydrogen) atoms. The van der Waals surface area contributed by atoms with E-state index in [4.69, 9.17) is 22.1 Å². The minimum absolute atomic E-state index is 0.257. The van der Waals surface area contributed by atoms with Gasteiger partial charge in [-0.1, -0.05) is 17.7 Å². The third-order valence-electron chi connectivity index (χ3n) is 5.20. The highest BCUT2D eigenvalue weighted by molar-refractivity contribution is 6.30. The van der Waals surface area contributed by atoms with Gasteiger partial charge in [-0.25, -0.2) is 18.2 Å². The number of nitrogens with two attached hydrogens (primary N) is 1. The molecule has 0 amide bonds. The average Bonchev–Trinajstić information content (AvgIpc) is 3.03. The van der Waals surface area contributed by atoms with Crippen LogP contribution in [0.1, 0.15) is 12.0 Å². The van der Waals surface area contributed by atoms with E-state index in [-0.39, 0.29) is 19.5 Å². The summed E-state index contributed by atoms with van der Waals surface area (Å²) in [5.41, 5.74) is 7.42. The number of fused-ring (bicyclic) bond motifs is 1. The zero-order valence-corrected chi connectivity index (χ0v) is 16.5. The van der Waals surface area contributed by atoms with Crippen LogP contribution in [-0.2, 0) is 6.54 Å². The Hall–Kier alpha value is -2.45. The van der Waals surface area contributed by atoms with E-state index in [1.54, 1.807) is 22.8 Å². The van der Waals surface area contributed by atoms with Crippen molar-refractivity contribution in [3.63, 3.8) is 0 Å². The maximum atomic E-state index is 14.0. The summed E-state index contributed by atoms with van der Waals surface area (Å²) in [6.07, 6.45) is -0.826. The molecule has 154 valence electrons. The summed E-state index contributed by atoms with van der Waals surface area (Å²) in [5, 5.41) is 0.519. The van der Waals surface area contributed by atoms with Gasteiger partial charge in [-0.2, -0.15) is 0 Å². The number of methoxy groups -OCH3 is 1. The molecule has 0 spiro atoms. The zero-order chi connectivity index (χ0) is 20.7. The molecule has 2 aromatic carbocycles. The van der Waals surface area contributed by atoms with Gasteiger partial charge in [-0.05, 0) is 18.6 Å². The van der Waals surface area contributed by atoms with Gasteiger partial charge in [0, 0.05) is 35.8 Å². The molecule has 1 unspecified atom stereocenters. The summed E-state index contributed by atoms with van der Waals surface area (Å²) in [7, 11) is 1.53. The molecule has 2 heterocycles. The van der Waals surface area contributed by atoms with Crippen LogP contribution >= 0.6 is 11.6 Å². The van der Waals surface area contributed by atoms with Gasteiger partial charge in [0.15, 0.2) is 11.6 Å². The Morgan fingerprint density at radius 2 is 2.00 bits per heavy atom. The molecule has 1 fully saturated rings. The SMILES string of the molecule is COc1cc(Cl)ccc1Cn1c(N2CCC(F)[C@H](N)C2)nc2cc(F)c(F)cc21. The summed E-state index contributed by atoms with van der Waals surface area (Å²) < 4.78 is 48.8. The van der Waals surface area contributed by atoms with E-state index >= 15 is 0 Å². The van der Waals surface area contributed by atoms with Gasteiger partial charge in [0.25, 0.3) is 0 Å². The fraction of sp³-hybridized carbons (Fsp3) is 0.350. The third kappa shape index (κ3) is 3.74. The summed E-state index contributed by atoms with van der Waals surface area (Å²) in [6.45, 7) is 0.941. The number of hydrogen-bond donors (Lipinski definition) is 1. The fourth-order valence-electron chi connectivity index (χ4n) is 3.66. The van der Waals surface area contributed by atoms with Crippen molar-refractivity contribution < 1.29 is 17.9 Å². The number of anilines is 1. The van der Waals surface area contributed by atoms with Crippen molar-refractivity contribution >= 4 is 28.6 Å². The van der Waals surface area contributed by atoms with E-state index in [2.05, 4.69) is 4.98 Å². The molecule has 2 N–H and O–H groups in total. The van der Waals surface area contributed by atoms with E-state index in [9.17, 15) is 13.2 Å². The number of alkyl halides is 1. The Morgan fingerprint density at radius 3 is 2.72 bits per heavy atom. The lowest BCUT2D eigenvalue weighted by Gasteiger charge is -2.34. The van der Waals surface area contributed by atoms with Crippen molar-refractivity contribution in [3.05, 3.63) is 52.6 Å². The van der Waals surface area contributed by atoms with Crippen LogP contribution in [0.5, 0.6) is 5.75 Å². The van der Waals surface area contributed by atoms with Gasteiger partial charge in [-0.3, -0.25) is 0 Å². The number of ether oxygens (including phenoxy) is 1. The smallest absolute Gasteiger partial charge is 0.206 e. The Labute approximate surface area is 170 Å². The minimum atomic E-state index is -1.09. The molecule has 2 atom stereocenters. The van der Waals surface area contributed by atoms with Crippen LogP contribution in [0, 0.1) is 11.6 Å². The molecule has 0 aliphatic carbocycles. The zero-order valence-electron chi connectivity index (χ0n) is 15.7. The highest BCUT2D eigenvalue weighted by Gasteiger charge is 2.29. The summed E-state index contributed by atoms with van der Waals surface area (Å²) >= 11 is 6.05. The molecule has 0 radical (unpaired) electrons. The topological polar surface area (TPSA) is 56.3 Å².